The summed E-state index contributed by atoms with van der Waals surface area (Å²) in [6, 6.07) is 9.35. The van der Waals surface area contributed by atoms with E-state index >= 15 is 0 Å². The number of hydrogen-bond donors (Lipinski definition) is 2. The summed E-state index contributed by atoms with van der Waals surface area (Å²) in [5.41, 5.74) is 3.29. The maximum Gasteiger partial charge on any atom is 0.219 e. The van der Waals surface area contributed by atoms with Crippen LogP contribution in [0.3, 0.4) is 0 Å². The summed E-state index contributed by atoms with van der Waals surface area (Å²) >= 11 is 6.10. The van der Waals surface area contributed by atoms with Gasteiger partial charge in [-0.3, -0.25) is 5.41 Å². The molecule has 0 aliphatic rings. The van der Waals surface area contributed by atoms with Crippen molar-refractivity contribution in [2.24, 2.45) is 0 Å². The topological polar surface area (TPSA) is 83.2 Å². The van der Waals surface area contributed by atoms with Crippen LogP contribution < -0.4 is 5.49 Å². The number of rotatable bonds is 3. The summed E-state index contributed by atoms with van der Waals surface area (Å²) in [7, 11) is 0. The average molecular weight is 369 g/mol. The van der Waals surface area contributed by atoms with E-state index in [0.29, 0.717) is 17.0 Å². The van der Waals surface area contributed by atoms with Crippen molar-refractivity contribution in [2.75, 3.05) is 0 Å². The number of aromatic nitrogens is 5. The molecule has 4 aromatic rings. The van der Waals surface area contributed by atoms with E-state index in [1.807, 2.05) is 31.2 Å². The average Bonchev–Trinajstić information content (AvgIpc) is 3.07. The van der Waals surface area contributed by atoms with Gasteiger partial charge in [0, 0.05) is 17.3 Å². The minimum Gasteiger partial charge on any atom is -0.334 e. The van der Waals surface area contributed by atoms with Gasteiger partial charge in [-0.15, -0.1) is 0 Å². The van der Waals surface area contributed by atoms with Gasteiger partial charge in [-0.1, -0.05) is 35.9 Å². The van der Waals surface area contributed by atoms with Crippen molar-refractivity contribution >= 4 is 22.8 Å². The normalized spacial score (nSPS) is 11.2. The molecule has 8 heteroatoms. The highest BCUT2D eigenvalue weighted by Gasteiger charge is 2.15. The molecule has 0 aliphatic heterocycles. The van der Waals surface area contributed by atoms with Crippen LogP contribution in [-0.4, -0.2) is 24.5 Å². The van der Waals surface area contributed by atoms with Crippen molar-refractivity contribution < 1.29 is 4.39 Å². The summed E-state index contributed by atoms with van der Waals surface area (Å²) in [6.45, 7) is 2.10. The van der Waals surface area contributed by atoms with E-state index < -0.39 is 5.95 Å². The third kappa shape index (κ3) is 2.76. The molecule has 0 amide bonds. The predicted molar refractivity (Wildman–Crippen MR) is 96.2 cm³/mol. The Balaban J connectivity index is 1.88. The van der Waals surface area contributed by atoms with Gasteiger partial charge in [-0.25, -0.2) is 15.0 Å². The second kappa shape index (κ2) is 6.34. The summed E-state index contributed by atoms with van der Waals surface area (Å²) in [4.78, 5) is 15.5. The van der Waals surface area contributed by atoms with Crippen molar-refractivity contribution in [2.45, 2.75) is 13.5 Å². The largest absolute Gasteiger partial charge is 0.334 e. The van der Waals surface area contributed by atoms with Gasteiger partial charge < -0.3 is 9.55 Å². The monoisotopic (exact) mass is 368 g/mol. The Kier molecular flexibility index (Phi) is 4.00. The molecule has 3 aromatic heterocycles. The summed E-state index contributed by atoms with van der Waals surface area (Å²) < 4.78 is 15.7. The van der Waals surface area contributed by atoms with Crippen molar-refractivity contribution in [3.05, 3.63) is 70.4 Å². The number of hydrogen-bond acceptors (Lipinski definition) is 4. The Morgan fingerprint density at radius 1 is 1.23 bits per heavy atom. The SMILES string of the molecule is Cc1ccccc1-c1nc2c([nH]1)c(=N)ncn2Cc1c(Cl)ccnc1F. The number of halogens is 2. The Hall–Kier alpha value is -3.06. The van der Waals surface area contributed by atoms with Crippen LogP contribution in [0.15, 0.2) is 42.9 Å². The van der Waals surface area contributed by atoms with Crippen LogP contribution in [0.25, 0.3) is 22.6 Å². The molecule has 0 bridgehead atoms. The second-order valence-electron chi connectivity index (χ2n) is 5.88. The first-order valence-corrected chi connectivity index (χ1v) is 8.27. The molecule has 130 valence electrons. The molecule has 6 nitrogen and oxygen atoms in total. The van der Waals surface area contributed by atoms with Gasteiger partial charge in [0.2, 0.25) is 5.95 Å². The molecular formula is C18H14ClFN6. The van der Waals surface area contributed by atoms with Gasteiger partial charge in [0.1, 0.15) is 11.3 Å². The fraction of sp³-hybridized carbons (Fsp3) is 0.111. The molecule has 0 unspecified atom stereocenters. The van der Waals surface area contributed by atoms with E-state index in [0.717, 1.165) is 11.1 Å². The quantitative estimate of drug-likeness (QED) is 0.543. The first-order valence-electron chi connectivity index (χ1n) is 7.89. The number of H-pyrrole nitrogens is 1. The summed E-state index contributed by atoms with van der Waals surface area (Å²) in [6.07, 6.45) is 2.77. The van der Waals surface area contributed by atoms with E-state index in [2.05, 4.69) is 19.9 Å². The molecule has 4 rings (SSSR count). The van der Waals surface area contributed by atoms with E-state index in [1.165, 1.54) is 18.6 Å². The van der Waals surface area contributed by atoms with Crippen LogP contribution in [0.1, 0.15) is 11.1 Å². The first kappa shape index (κ1) is 16.4. The van der Waals surface area contributed by atoms with E-state index in [4.69, 9.17) is 17.0 Å². The van der Waals surface area contributed by atoms with Gasteiger partial charge >= 0.3 is 0 Å². The zero-order valence-electron chi connectivity index (χ0n) is 13.8. The van der Waals surface area contributed by atoms with Gasteiger partial charge in [0.15, 0.2) is 11.1 Å². The molecule has 0 fully saturated rings. The smallest absolute Gasteiger partial charge is 0.219 e. The van der Waals surface area contributed by atoms with Crippen LogP contribution in [0.5, 0.6) is 0 Å². The molecule has 0 atom stereocenters. The molecule has 0 saturated carbocycles. The lowest BCUT2D eigenvalue weighted by Gasteiger charge is -2.09. The maximum absolute atomic E-state index is 14.0. The Morgan fingerprint density at radius 2 is 2.04 bits per heavy atom. The van der Waals surface area contributed by atoms with E-state index in [9.17, 15) is 4.39 Å². The zero-order valence-corrected chi connectivity index (χ0v) is 14.5. The van der Waals surface area contributed by atoms with Gasteiger partial charge in [0.25, 0.3) is 0 Å². The molecular weight excluding hydrogens is 355 g/mol. The number of nitrogens with one attached hydrogen (secondary N) is 2. The van der Waals surface area contributed by atoms with Crippen LogP contribution >= 0.6 is 11.6 Å². The van der Waals surface area contributed by atoms with Crippen LogP contribution in [-0.2, 0) is 6.54 Å². The number of benzene rings is 1. The summed E-state index contributed by atoms with van der Waals surface area (Å²) in [5.74, 6) is -0.00568. The van der Waals surface area contributed by atoms with Gasteiger partial charge in [-0.2, -0.15) is 4.39 Å². The Labute approximate surface area is 152 Å². The first-order chi connectivity index (χ1) is 12.5. The highest BCUT2D eigenvalue weighted by atomic mass is 35.5. The molecule has 2 N–H and O–H groups in total. The van der Waals surface area contributed by atoms with E-state index in [-0.39, 0.29) is 22.6 Å². The maximum atomic E-state index is 14.0. The standard InChI is InChI=1S/C18H14ClFN6/c1-10-4-2-3-5-11(10)17-24-14-16(21)23-9-26(18(14)25-17)8-12-13(19)6-7-22-15(12)20/h2-7,9,21H,8H2,1H3,(H,24,25). The van der Waals surface area contributed by atoms with Crippen molar-refractivity contribution in [1.29, 1.82) is 5.41 Å². The number of nitrogens with zero attached hydrogens (tertiary/aromatic N) is 4. The summed E-state index contributed by atoms with van der Waals surface area (Å²) in [5, 5.41) is 8.33. The van der Waals surface area contributed by atoms with Crippen molar-refractivity contribution in [1.82, 2.24) is 24.5 Å². The van der Waals surface area contributed by atoms with Crippen LogP contribution in [0.4, 0.5) is 4.39 Å². The second-order valence-corrected chi connectivity index (χ2v) is 6.29. The van der Waals surface area contributed by atoms with E-state index in [1.54, 1.807) is 4.57 Å². The molecule has 0 spiro atoms. The third-order valence-electron chi connectivity index (χ3n) is 4.19. The number of aromatic amines is 1. The number of pyridine rings is 1. The molecule has 26 heavy (non-hydrogen) atoms. The minimum atomic E-state index is -0.636. The van der Waals surface area contributed by atoms with Crippen molar-refractivity contribution in [3.63, 3.8) is 0 Å². The van der Waals surface area contributed by atoms with Gasteiger partial charge in [0.05, 0.1) is 17.9 Å². The van der Waals surface area contributed by atoms with Crippen molar-refractivity contribution in [3.8, 4) is 11.4 Å². The van der Waals surface area contributed by atoms with Crippen LogP contribution in [0.2, 0.25) is 5.02 Å². The molecule has 0 aliphatic carbocycles. The lowest BCUT2D eigenvalue weighted by molar-refractivity contribution is 0.559. The lowest BCUT2D eigenvalue weighted by Crippen LogP contribution is -2.14. The zero-order chi connectivity index (χ0) is 18.3. The fourth-order valence-electron chi connectivity index (χ4n) is 2.82. The number of aryl methyl sites for hydroxylation is 1. The molecule has 3 heterocycles. The molecule has 0 radical (unpaired) electrons. The third-order valence-corrected chi connectivity index (χ3v) is 4.55. The Morgan fingerprint density at radius 3 is 2.81 bits per heavy atom. The fourth-order valence-corrected chi connectivity index (χ4v) is 3.02. The minimum absolute atomic E-state index is 0.0707. The number of imidazole rings is 1. The molecule has 1 aromatic carbocycles. The highest BCUT2D eigenvalue weighted by Crippen LogP contribution is 2.23. The highest BCUT2D eigenvalue weighted by molar-refractivity contribution is 6.31. The molecule has 0 saturated heterocycles. The number of fused-ring (bicyclic) bond motifs is 1. The van der Waals surface area contributed by atoms with Gasteiger partial charge in [-0.05, 0) is 18.6 Å². The predicted octanol–water partition coefficient (Wildman–Crippen LogP) is 3.45. The lowest BCUT2D eigenvalue weighted by atomic mass is 10.1. The Bertz CT molecular complexity index is 1160. The van der Waals surface area contributed by atoms with Crippen LogP contribution in [0, 0.1) is 18.3 Å².